The summed E-state index contributed by atoms with van der Waals surface area (Å²) in [5.41, 5.74) is 0.804. The Bertz CT molecular complexity index is 426. The predicted octanol–water partition coefficient (Wildman–Crippen LogP) is 3.15. The summed E-state index contributed by atoms with van der Waals surface area (Å²) < 4.78 is 49.4. The minimum atomic E-state index is -4.38. The number of hydrogen-bond acceptors (Lipinski definition) is 2. The van der Waals surface area contributed by atoms with Crippen molar-refractivity contribution in [2.75, 3.05) is 13.2 Å². The van der Waals surface area contributed by atoms with Crippen LogP contribution in [0.2, 0.25) is 0 Å². The molecule has 19 heavy (non-hydrogen) atoms. The molecule has 0 N–H and O–H groups in total. The van der Waals surface area contributed by atoms with Gasteiger partial charge in [-0.1, -0.05) is 18.2 Å². The molecule has 106 valence electrons. The Labute approximate surface area is 112 Å². The average Bonchev–Trinajstić information content (AvgIpc) is 2.37. The summed E-state index contributed by atoms with van der Waals surface area (Å²) in [5.74, 6) is 0. The smallest absolute Gasteiger partial charge is 0.388 e. The van der Waals surface area contributed by atoms with Gasteiger partial charge in [-0.3, -0.25) is 0 Å². The Morgan fingerprint density at radius 3 is 2.21 bits per heavy atom. The van der Waals surface area contributed by atoms with Crippen LogP contribution in [0.5, 0.6) is 0 Å². The van der Waals surface area contributed by atoms with Crippen LogP contribution < -0.4 is 5.19 Å². The van der Waals surface area contributed by atoms with E-state index in [4.69, 9.17) is 8.85 Å². The number of alkyl halides is 3. The van der Waals surface area contributed by atoms with Crippen molar-refractivity contribution in [3.63, 3.8) is 0 Å². The molecule has 0 aliphatic rings. The van der Waals surface area contributed by atoms with Crippen molar-refractivity contribution in [2.24, 2.45) is 0 Å². The molecule has 0 radical (unpaired) electrons. The van der Waals surface area contributed by atoms with Crippen molar-refractivity contribution >= 4 is 13.7 Å². The topological polar surface area (TPSA) is 18.5 Å². The SMILES string of the molecule is C=C[Si](OCC)(OCC)c1cccc(C(F)(F)F)c1. The van der Waals surface area contributed by atoms with E-state index in [0.29, 0.717) is 18.4 Å². The van der Waals surface area contributed by atoms with Gasteiger partial charge >= 0.3 is 14.7 Å². The fraction of sp³-hybridized carbons (Fsp3) is 0.385. The van der Waals surface area contributed by atoms with Gasteiger partial charge in [0.2, 0.25) is 0 Å². The standard InChI is InChI=1S/C13H17F3O2Si/c1-4-17-19(6-3,18-5-2)12-9-7-8-11(10-12)13(14,15)16/h6-10H,3-5H2,1-2H3. The summed E-state index contributed by atoms with van der Waals surface area (Å²) in [7, 11) is -2.99. The zero-order valence-electron chi connectivity index (χ0n) is 11.0. The van der Waals surface area contributed by atoms with Gasteiger partial charge in [0.15, 0.2) is 0 Å². The summed E-state index contributed by atoms with van der Waals surface area (Å²) in [4.78, 5) is 0. The van der Waals surface area contributed by atoms with Crippen molar-refractivity contribution < 1.29 is 22.0 Å². The second-order valence-corrected chi connectivity index (χ2v) is 6.71. The maximum Gasteiger partial charge on any atom is 0.416 e. The zero-order valence-corrected chi connectivity index (χ0v) is 12.0. The van der Waals surface area contributed by atoms with E-state index in [1.54, 1.807) is 19.9 Å². The Hall–Kier alpha value is -1.11. The van der Waals surface area contributed by atoms with Gasteiger partial charge in [-0.05, 0) is 30.8 Å². The maximum atomic E-state index is 12.7. The molecular weight excluding hydrogens is 273 g/mol. The van der Waals surface area contributed by atoms with E-state index in [-0.39, 0.29) is 0 Å². The Kier molecular flexibility index (Phi) is 5.34. The number of halogens is 3. The molecule has 0 amide bonds. The van der Waals surface area contributed by atoms with Crippen molar-refractivity contribution in [2.45, 2.75) is 20.0 Å². The number of hydrogen-bond donors (Lipinski definition) is 0. The molecule has 0 aliphatic carbocycles. The molecule has 1 aromatic rings. The lowest BCUT2D eigenvalue weighted by Gasteiger charge is -2.27. The Balaban J connectivity index is 3.26. The van der Waals surface area contributed by atoms with Crippen LogP contribution >= 0.6 is 0 Å². The summed E-state index contributed by atoms with van der Waals surface area (Å²) in [6.45, 7) is 7.93. The second-order valence-electron chi connectivity index (χ2n) is 3.82. The molecule has 0 spiro atoms. The monoisotopic (exact) mass is 290 g/mol. The molecule has 0 atom stereocenters. The highest BCUT2D eigenvalue weighted by molar-refractivity contribution is 6.85. The lowest BCUT2D eigenvalue weighted by molar-refractivity contribution is -0.137. The van der Waals surface area contributed by atoms with E-state index >= 15 is 0 Å². The minimum Gasteiger partial charge on any atom is -0.388 e. The molecular formula is C13H17F3O2Si. The van der Waals surface area contributed by atoms with Crippen molar-refractivity contribution in [3.8, 4) is 0 Å². The average molecular weight is 290 g/mol. The summed E-state index contributed by atoms with van der Waals surface area (Å²) >= 11 is 0. The molecule has 0 saturated heterocycles. The van der Waals surface area contributed by atoms with Crippen LogP contribution in [0.25, 0.3) is 0 Å². The van der Waals surface area contributed by atoms with Gasteiger partial charge in [-0.25, -0.2) is 0 Å². The molecule has 0 saturated carbocycles. The third-order valence-electron chi connectivity index (χ3n) is 2.58. The quantitative estimate of drug-likeness (QED) is 0.749. The first-order valence-electron chi connectivity index (χ1n) is 5.99. The third-order valence-corrected chi connectivity index (χ3v) is 5.67. The molecule has 0 aromatic heterocycles. The van der Waals surface area contributed by atoms with Crippen LogP contribution in [0.4, 0.5) is 13.2 Å². The van der Waals surface area contributed by atoms with Gasteiger partial charge in [0.05, 0.1) is 5.56 Å². The van der Waals surface area contributed by atoms with Crippen molar-refractivity contribution in [3.05, 3.63) is 42.1 Å². The fourth-order valence-corrected chi connectivity index (χ4v) is 4.22. The highest BCUT2D eigenvalue weighted by Gasteiger charge is 2.39. The molecule has 0 heterocycles. The number of benzene rings is 1. The van der Waals surface area contributed by atoms with E-state index in [1.165, 1.54) is 11.8 Å². The zero-order chi connectivity index (χ0) is 14.5. The molecule has 0 aliphatic heterocycles. The van der Waals surface area contributed by atoms with Gasteiger partial charge < -0.3 is 8.85 Å². The molecule has 1 rings (SSSR count). The Morgan fingerprint density at radius 1 is 1.21 bits per heavy atom. The van der Waals surface area contributed by atoms with E-state index in [1.807, 2.05) is 0 Å². The first kappa shape index (κ1) is 15.9. The van der Waals surface area contributed by atoms with Crippen LogP contribution in [-0.4, -0.2) is 21.8 Å². The van der Waals surface area contributed by atoms with Crippen molar-refractivity contribution in [1.29, 1.82) is 0 Å². The van der Waals surface area contributed by atoms with Gasteiger partial charge in [0.1, 0.15) is 0 Å². The lowest BCUT2D eigenvalue weighted by Crippen LogP contribution is -2.52. The molecule has 0 fully saturated rings. The summed E-state index contributed by atoms with van der Waals surface area (Å²) in [6.07, 6.45) is -4.38. The molecule has 2 nitrogen and oxygen atoms in total. The maximum absolute atomic E-state index is 12.7. The first-order chi connectivity index (χ1) is 8.89. The number of rotatable bonds is 6. The van der Waals surface area contributed by atoms with E-state index in [2.05, 4.69) is 6.58 Å². The third kappa shape index (κ3) is 3.68. The Morgan fingerprint density at radius 2 is 1.79 bits per heavy atom. The summed E-state index contributed by atoms with van der Waals surface area (Å²) in [5, 5.41) is 0.418. The molecule has 6 heteroatoms. The predicted molar refractivity (Wildman–Crippen MR) is 70.3 cm³/mol. The van der Waals surface area contributed by atoms with Crippen LogP contribution in [0.1, 0.15) is 19.4 Å². The van der Waals surface area contributed by atoms with Gasteiger partial charge in [0.25, 0.3) is 0 Å². The molecule has 1 aromatic carbocycles. The van der Waals surface area contributed by atoms with Gasteiger partial charge in [-0.2, -0.15) is 13.2 Å². The van der Waals surface area contributed by atoms with Crippen LogP contribution in [0.15, 0.2) is 36.5 Å². The van der Waals surface area contributed by atoms with Crippen LogP contribution in [-0.2, 0) is 15.0 Å². The lowest BCUT2D eigenvalue weighted by atomic mass is 10.2. The van der Waals surface area contributed by atoms with Gasteiger partial charge in [-0.15, -0.1) is 6.58 Å². The summed E-state index contributed by atoms with van der Waals surface area (Å²) in [6, 6.07) is 5.07. The highest BCUT2D eigenvalue weighted by atomic mass is 28.4. The van der Waals surface area contributed by atoms with E-state index < -0.39 is 20.3 Å². The van der Waals surface area contributed by atoms with E-state index in [0.717, 1.165) is 12.1 Å². The molecule has 0 bridgehead atoms. The van der Waals surface area contributed by atoms with Crippen LogP contribution in [0, 0.1) is 0 Å². The molecule has 0 unspecified atom stereocenters. The highest BCUT2D eigenvalue weighted by Crippen LogP contribution is 2.28. The van der Waals surface area contributed by atoms with Gasteiger partial charge in [0, 0.05) is 13.2 Å². The fourth-order valence-electron chi connectivity index (χ4n) is 1.79. The van der Waals surface area contributed by atoms with Crippen molar-refractivity contribution in [1.82, 2.24) is 0 Å². The normalized spacial score (nSPS) is 12.5. The second kappa shape index (κ2) is 6.36. The minimum absolute atomic E-state index is 0.356. The van der Waals surface area contributed by atoms with E-state index in [9.17, 15) is 13.2 Å². The largest absolute Gasteiger partial charge is 0.416 e. The van der Waals surface area contributed by atoms with Crippen LogP contribution in [0.3, 0.4) is 0 Å². The first-order valence-corrected chi connectivity index (χ1v) is 7.88.